The van der Waals surface area contributed by atoms with E-state index in [4.69, 9.17) is 0 Å². The van der Waals surface area contributed by atoms with Crippen LogP contribution >= 0.6 is 12.6 Å². The van der Waals surface area contributed by atoms with E-state index in [0.29, 0.717) is 5.16 Å². The fourth-order valence-corrected chi connectivity index (χ4v) is 0.721. The number of nitrogens with zero attached hydrogens (tertiary/aromatic N) is 3. The van der Waals surface area contributed by atoms with Crippen LogP contribution in [0.1, 0.15) is 0 Å². The Bertz CT molecular complexity index is 269. The Morgan fingerprint density at radius 2 is 2.50 bits per heavy atom. The lowest BCUT2D eigenvalue weighted by Gasteiger charge is -1.91. The van der Waals surface area contributed by atoms with Gasteiger partial charge < -0.3 is 10.1 Å². The van der Waals surface area contributed by atoms with Crippen LogP contribution in [-0.4, -0.2) is 14.5 Å². The maximum Gasteiger partial charge on any atom is 0.343 e. The van der Waals surface area contributed by atoms with E-state index in [1.807, 2.05) is 0 Å². The first-order valence-electron chi connectivity index (χ1n) is 2.48. The predicted octanol–water partition coefficient (Wildman–Crippen LogP) is 0.617. The largest absolute Gasteiger partial charge is 0.358 e. The molecule has 0 atom stereocenters. The molecule has 1 aromatic heterocycles. The zero-order chi connectivity index (χ0) is 7.72. The molecule has 1 rings (SSSR count). The lowest BCUT2D eigenvalue weighted by atomic mass is 10.8. The maximum atomic E-state index is 10.1. The third kappa shape index (κ3) is 0.971. The van der Waals surface area contributed by atoms with E-state index in [-0.39, 0.29) is 5.82 Å². The van der Waals surface area contributed by atoms with Crippen molar-refractivity contribution in [1.29, 1.82) is 0 Å². The Balaban J connectivity index is 3.17. The molecule has 0 fully saturated rings. The minimum atomic E-state index is -0.507. The van der Waals surface area contributed by atoms with E-state index in [9.17, 15) is 10.1 Å². The minimum Gasteiger partial charge on any atom is -0.358 e. The number of rotatable bonds is 1. The van der Waals surface area contributed by atoms with Crippen LogP contribution in [0.25, 0.3) is 0 Å². The molecule has 0 aliphatic carbocycles. The molecule has 0 bridgehead atoms. The summed E-state index contributed by atoms with van der Waals surface area (Å²) in [5.74, 6) is -0.0509. The molecular weight excluding hydrogens is 154 g/mol. The van der Waals surface area contributed by atoms with Crippen molar-refractivity contribution in [3.05, 3.63) is 16.3 Å². The van der Waals surface area contributed by atoms with Gasteiger partial charge in [0.2, 0.25) is 0 Å². The summed E-state index contributed by atoms with van der Waals surface area (Å²) < 4.78 is 1.29. The Labute approximate surface area is 62.2 Å². The first-order valence-corrected chi connectivity index (χ1v) is 2.92. The molecule has 0 N–H and O–H groups in total. The third-order valence-electron chi connectivity index (χ3n) is 1.13. The van der Waals surface area contributed by atoms with Gasteiger partial charge in [0.1, 0.15) is 6.20 Å². The van der Waals surface area contributed by atoms with Gasteiger partial charge >= 0.3 is 5.82 Å². The molecular formula is C4H5N3O2S. The molecule has 0 aliphatic rings. The summed E-state index contributed by atoms with van der Waals surface area (Å²) in [6.45, 7) is 0. The van der Waals surface area contributed by atoms with Crippen LogP contribution in [0.2, 0.25) is 0 Å². The lowest BCUT2D eigenvalue weighted by Crippen LogP contribution is -1.96. The van der Waals surface area contributed by atoms with Crippen molar-refractivity contribution in [2.24, 2.45) is 7.05 Å². The van der Waals surface area contributed by atoms with E-state index in [0.717, 1.165) is 0 Å². The number of imidazole rings is 1. The molecule has 0 radical (unpaired) electrons. The molecule has 0 aromatic carbocycles. The first kappa shape index (κ1) is 7.07. The van der Waals surface area contributed by atoms with E-state index in [1.165, 1.54) is 17.8 Å². The molecule has 0 spiro atoms. The molecule has 54 valence electrons. The van der Waals surface area contributed by atoms with Crippen LogP contribution < -0.4 is 0 Å². The molecule has 0 amide bonds. The monoisotopic (exact) mass is 159 g/mol. The molecule has 10 heavy (non-hydrogen) atoms. The van der Waals surface area contributed by atoms with Gasteiger partial charge in [0.25, 0.3) is 5.16 Å². The summed E-state index contributed by atoms with van der Waals surface area (Å²) in [4.78, 5) is 13.3. The van der Waals surface area contributed by atoms with Crippen molar-refractivity contribution >= 4 is 18.4 Å². The van der Waals surface area contributed by atoms with Crippen LogP contribution in [0.4, 0.5) is 5.82 Å². The van der Waals surface area contributed by atoms with Crippen LogP contribution in [0.5, 0.6) is 0 Å². The fraction of sp³-hybridized carbons (Fsp3) is 0.250. The van der Waals surface area contributed by atoms with Gasteiger partial charge in [0.05, 0.1) is 7.05 Å². The number of thiol groups is 1. The zero-order valence-corrected chi connectivity index (χ0v) is 6.08. The van der Waals surface area contributed by atoms with Crippen molar-refractivity contribution in [1.82, 2.24) is 9.55 Å². The Hall–Kier alpha value is -1.04. The number of aromatic nitrogens is 2. The second-order valence-electron chi connectivity index (χ2n) is 1.73. The summed E-state index contributed by atoms with van der Waals surface area (Å²) in [7, 11) is 1.54. The number of nitro groups is 1. The predicted molar refractivity (Wildman–Crippen MR) is 37.1 cm³/mol. The highest BCUT2D eigenvalue weighted by atomic mass is 32.1. The van der Waals surface area contributed by atoms with Gasteiger partial charge in [0, 0.05) is 0 Å². The van der Waals surface area contributed by atoms with E-state index < -0.39 is 4.92 Å². The van der Waals surface area contributed by atoms with E-state index >= 15 is 0 Å². The van der Waals surface area contributed by atoms with Crippen LogP contribution in [0, 0.1) is 10.1 Å². The highest BCUT2D eigenvalue weighted by molar-refractivity contribution is 7.80. The summed E-state index contributed by atoms with van der Waals surface area (Å²) >= 11 is 3.86. The number of hydrogen-bond donors (Lipinski definition) is 1. The quantitative estimate of drug-likeness (QED) is 0.371. The SMILES string of the molecule is Cn1c([N+](=O)[O-])cnc1S. The Morgan fingerprint density at radius 1 is 1.90 bits per heavy atom. The molecule has 1 heterocycles. The topological polar surface area (TPSA) is 61.0 Å². The maximum absolute atomic E-state index is 10.1. The fourth-order valence-electron chi connectivity index (χ4n) is 0.561. The molecule has 0 aliphatic heterocycles. The van der Waals surface area contributed by atoms with Gasteiger partial charge in [-0.3, -0.25) is 0 Å². The average molecular weight is 159 g/mol. The summed E-state index contributed by atoms with van der Waals surface area (Å²) in [6, 6.07) is 0. The molecule has 6 heteroatoms. The molecule has 0 saturated heterocycles. The smallest absolute Gasteiger partial charge is 0.343 e. The van der Waals surface area contributed by atoms with Crippen molar-refractivity contribution in [3.8, 4) is 0 Å². The molecule has 0 unspecified atom stereocenters. The highest BCUT2D eigenvalue weighted by Gasteiger charge is 2.12. The standard InChI is InChI=1S/C4H5N3O2S/c1-6-3(7(8)9)2-5-4(6)10/h2H,1H3,(H,5,10). The normalized spacial score (nSPS) is 9.80. The second kappa shape index (κ2) is 2.30. The molecule has 1 aromatic rings. The van der Waals surface area contributed by atoms with Crippen molar-refractivity contribution in [2.45, 2.75) is 5.16 Å². The second-order valence-corrected chi connectivity index (χ2v) is 2.13. The Kier molecular flexibility index (Phi) is 1.62. The average Bonchev–Trinajstić information content (AvgIpc) is 2.14. The van der Waals surface area contributed by atoms with Gasteiger partial charge in [-0.1, -0.05) is 12.6 Å². The van der Waals surface area contributed by atoms with Crippen molar-refractivity contribution < 1.29 is 4.92 Å². The van der Waals surface area contributed by atoms with E-state index in [1.54, 1.807) is 0 Å². The summed E-state index contributed by atoms with van der Waals surface area (Å²) in [6.07, 6.45) is 1.17. The van der Waals surface area contributed by atoms with Gasteiger partial charge in [-0.25, -0.2) is 9.55 Å². The van der Waals surface area contributed by atoms with Crippen molar-refractivity contribution in [2.75, 3.05) is 0 Å². The third-order valence-corrected chi connectivity index (χ3v) is 1.54. The summed E-state index contributed by atoms with van der Waals surface area (Å²) in [5.41, 5.74) is 0. The Morgan fingerprint density at radius 3 is 2.70 bits per heavy atom. The van der Waals surface area contributed by atoms with Gasteiger partial charge in [-0.15, -0.1) is 0 Å². The highest BCUT2D eigenvalue weighted by Crippen LogP contribution is 2.13. The van der Waals surface area contributed by atoms with Crippen LogP contribution in [-0.2, 0) is 7.05 Å². The van der Waals surface area contributed by atoms with Crippen LogP contribution in [0.15, 0.2) is 11.4 Å². The van der Waals surface area contributed by atoms with Gasteiger partial charge in [-0.2, -0.15) is 0 Å². The first-order chi connectivity index (χ1) is 4.63. The summed E-state index contributed by atoms with van der Waals surface area (Å²) in [5, 5.41) is 10.5. The van der Waals surface area contributed by atoms with E-state index in [2.05, 4.69) is 17.6 Å². The number of hydrogen-bond acceptors (Lipinski definition) is 4. The van der Waals surface area contributed by atoms with Gasteiger partial charge in [-0.05, 0) is 4.92 Å². The lowest BCUT2D eigenvalue weighted by molar-refractivity contribution is -0.392. The molecule has 5 nitrogen and oxygen atoms in total. The minimum absolute atomic E-state index is 0.0509. The van der Waals surface area contributed by atoms with Crippen molar-refractivity contribution in [3.63, 3.8) is 0 Å². The zero-order valence-electron chi connectivity index (χ0n) is 5.18. The van der Waals surface area contributed by atoms with Crippen LogP contribution in [0.3, 0.4) is 0 Å². The van der Waals surface area contributed by atoms with Gasteiger partial charge in [0.15, 0.2) is 0 Å². The molecule has 0 saturated carbocycles.